The van der Waals surface area contributed by atoms with E-state index < -0.39 is 19.8 Å². The number of rotatable bonds is 11. The number of aromatic nitrogens is 1. The molecule has 3 aliphatic rings. The van der Waals surface area contributed by atoms with Gasteiger partial charge in [-0.2, -0.15) is 0 Å². The first-order valence-corrected chi connectivity index (χ1v) is 25.1. The van der Waals surface area contributed by atoms with E-state index in [0.29, 0.717) is 18.7 Å². The van der Waals surface area contributed by atoms with Crippen molar-refractivity contribution in [3.8, 4) is 5.75 Å². The minimum absolute atomic E-state index is 0.0755. The van der Waals surface area contributed by atoms with Gasteiger partial charge in [0.25, 0.3) is 5.91 Å². The van der Waals surface area contributed by atoms with E-state index in [1.165, 1.54) is 5.19 Å². The predicted molar refractivity (Wildman–Crippen MR) is 248 cm³/mol. The second kappa shape index (κ2) is 16.6. The van der Waals surface area contributed by atoms with Gasteiger partial charge in [0.15, 0.2) is 5.60 Å². The molecule has 0 radical (unpaired) electrons. The molecule has 0 aliphatic carbocycles. The van der Waals surface area contributed by atoms with E-state index in [2.05, 4.69) is 64.4 Å². The van der Waals surface area contributed by atoms with Crippen LogP contribution >= 0.6 is 15.9 Å². The van der Waals surface area contributed by atoms with E-state index in [0.717, 1.165) is 54.6 Å². The fourth-order valence-electron chi connectivity index (χ4n) is 10.5. The smallest absolute Gasteiger partial charge is 0.264 e. The van der Waals surface area contributed by atoms with Crippen molar-refractivity contribution >= 4 is 69.2 Å². The molecular formula is C50H51BrN4O6Si. The summed E-state index contributed by atoms with van der Waals surface area (Å²) in [5.74, 6) is 0.0856. The predicted octanol–water partition coefficient (Wildman–Crippen LogP) is 8.22. The standard InChI is InChI=1S/C50H51BrN4O6Si/c1-31-48(62(3,4)40-20-18-39(60-2)19-21-40)45(26-47(58)54-29-34-10-6-5-9-33(34)23-38(54)30-56)61-50(31)42-25-36(51)15-22-44(42)55(49(50)59)28-32-13-16-37(17-14-32)53-46(57)24-35-27-52-43-12-8-7-11-41(35)43/h5-22,25,27,31,38,45,48,52,56H,23-24,26,28-30H2,1-4H3,(H,53,57)/t31-,38-,45+,48-,50+/m0/s1. The number of nitrogens with zero attached hydrogens (tertiary/aromatic N) is 2. The van der Waals surface area contributed by atoms with Crippen molar-refractivity contribution < 1.29 is 29.0 Å². The first-order chi connectivity index (χ1) is 29.9. The van der Waals surface area contributed by atoms with Gasteiger partial charge in [0, 0.05) is 45.3 Å². The Hall–Kier alpha value is -5.53. The highest BCUT2D eigenvalue weighted by Crippen LogP contribution is 2.60. The lowest BCUT2D eigenvalue weighted by Gasteiger charge is -2.39. The third-order valence-electron chi connectivity index (χ3n) is 13.7. The third kappa shape index (κ3) is 7.36. The summed E-state index contributed by atoms with van der Waals surface area (Å²) in [4.78, 5) is 50.1. The highest BCUT2D eigenvalue weighted by atomic mass is 79.9. The Morgan fingerprint density at radius 1 is 0.968 bits per heavy atom. The Balaban J connectivity index is 1.01. The fourth-order valence-corrected chi connectivity index (χ4v) is 14.9. The molecule has 9 rings (SSSR count). The van der Waals surface area contributed by atoms with Gasteiger partial charge in [-0.15, -0.1) is 0 Å². The summed E-state index contributed by atoms with van der Waals surface area (Å²) in [6.07, 6.45) is 2.18. The number of anilines is 2. The number of halogens is 1. The molecule has 6 aromatic rings. The minimum atomic E-state index is -2.54. The molecule has 10 nitrogen and oxygen atoms in total. The van der Waals surface area contributed by atoms with E-state index in [4.69, 9.17) is 9.47 Å². The Morgan fingerprint density at radius 3 is 2.44 bits per heavy atom. The number of H-pyrrole nitrogens is 1. The van der Waals surface area contributed by atoms with Gasteiger partial charge in [-0.1, -0.05) is 108 Å². The van der Waals surface area contributed by atoms with Crippen molar-refractivity contribution in [1.82, 2.24) is 9.88 Å². The summed E-state index contributed by atoms with van der Waals surface area (Å²) >= 11 is 3.71. The van der Waals surface area contributed by atoms with E-state index in [-0.39, 0.29) is 61.2 Å². The summed E-state index contributed by atoms with van der Waals surface area (Å²) in [5, 5.41) is 15.8. The largest absolute Gasteiger partial charge is 0.497 e. The molecule has 4 heterocycles. The minimum Gasteiger partial charge on any atom is -0.497 e. The van der Waals surface area contributed by atoms with E-state index >= 15 is 4.79 Å². The zero-order chi connectivity index (χ0) is 43.3. The van der Waals surface area contributed by atoms with Crippen molar-refractivity contribution in [3.05, 3.63) is 154 Å². The Labute approximate surface area is 371 Å². The van der Waals surface area contributed by atoms with Gasteiger partial charge in [-0.3, -0.25) is 14.4 Å². The number of ether oxygens (including phenoxy) is 2. The number of nitrogens with one attached hydrogen (secondary N) is 2. The molecular weight excluding hydrogens is 861 g/mol. The SMILES string of the molecule is COc1ccc([Si](C)(C)[C@@H]2[C@@H](CC(=O)N3Cc4ccccc4C[C@H]3CO)O[C@]3(C(=O)N(Cc4ccc(NC(=O)Cc5c[nH]c6ccccc56)cc4)c4ccc(Br)cc43)[C@H]2C)cc1. The number of carbonyl (C=O) groups is 3. The number of carbonyl (C=O) groups excluding carboxylic acids is 3. The summed E-state index contributed by atoms with van der Waals surface area (Å²) in [6, 6.07) is 37.4. The van der Waals surface area contributed by atoms with E-state index in [1.54, 1.807) is 7.11 Å². The Bertz CT molecular complexity index is 2670. The molecule has 1 spiro atoms. The molecule has 0 bridgehead atoms. The topological polar surface area (TPSA) is 124 Å². The summed E-state index contributed by atoms with van der Waals surface area (Å²) < 4.78 is 13.7. The molecule has 0 unspecified atom stereocenters. The maximum absolute atomic E-state index is 15.4. The lowest BCUT2D eigenvalue weighted by Crippen LogP contribution is -2.52. The van der Waals surface area contributed by atoms with Crippen LogP contribution < -0.4 is 20.1 Å². The number of aliphatic hydroxyl groups is 1. The number of aromatic amines is 1. The monoisotopic (exact) mass is 910 g/mol. The van der Waals surface area contributed by atoms with Gasteiger partial charge in [0.1, 0.15) is 5.75 Å². The summed E-state index contributed by atoms with van der Waals surface area (Å²) in [5.41, 5.74) is 5.75. The highest BCUT2D eigenvalue weighted by molar-refractivity contribution is 9.10. The van der Waals surface area contributed by atoms with Gasteiger partial charge in [-0.25, -0.2) is 0 Å². The molecule has 0 saturated carbocycles. The zero-order valence-electron chi connectivity index (χ0n) is 35.4. The molecule has 1 saturated heterocycles. The molecule has 3 aliphatic heterocycles. The van der Waals surface area contributed by atoms with Crippen molar-refractivity contribution in [2.75, 3.05) is 23.9 Å². The number of amides is 3. The van der Waals surface area contributed by atoms with Crippen LogP contribution in [-0.2, 0) is 50.7 Å². The van der Waals surface area contributed by atoms with E-state index in [9.17, 15) is 14.7 Å². The number of aliphatic hydroxyl groups excluding tert-OH is 1. The molecule has 318 valence electrons. The molecule has 5 aromatic carbocycles. The number of benzene rings is 5. The number of hydrogen-bond donors (Lipinski definition) is 3. The molecule has 5 atom stereocenters. The number of para-hydroxylation sites is 1. The molecule has 1 fully saturated rings. The van der Waals surface area contributed by atoms with Crippen LogP contribution in [0.5, 0.6) is 5.75 Å². The second-order valence-electron chi connectivity index (χ2n) is 17.5. The Kier molecular flexibility index (Phi) is 11.2. The highest BCUT2D eigenvalue weighted by Gasteiger charge is 2.66. The van der Waals surface area contributed by atoms with Crippen molar-refractivity contribution in [3.63, 3.8) is 0 Å². The van der Waals surface area contributed by atoms with Crippen LogP contribution in [0.3, 0.4) is 0 Å². The van der Waals surface area contributed by atoms with Crippen LogP contribution in [-0.4, -0.2) is 66.6 Å². The number of methoxy groups -OCH3 is 1. The van der Waals surface area contributed by atoms with Crippen LogP contribution in [0.25, 0.3) is 10.9 Å². The molecule has 3 N–H and O–H groups in total. The average Bonchev–Trinajstić information content (AvgIpc) is 3.89. The summed E-state index contributed by atoms with van der Waals surface area (Å²) in [6.45, 7) is 7.29. The lowest BCUT2D eigenvalue weighted by molar-refractivity contribution is -0.151. The van der Waals surface area contributed by atoms with Gasteiger partial charge in [0.05, 0.1) is 59.0 Å². The number of fused-ring (bicyclic) bond motifs is 4. The maximum Gasteiger partial charge on any atom is 0.264 e. The lowest BCUT2D eigenvalue weighted by atomic mass is 9.82. The molecule has 12 heteroatoms. The van der Waals surface area contributed by atoms with Gasteiger partial charge in [0.2, 0.25) is 11.8 Å². The van der Waals surface area contributed by atoms with Crippen LogP contribution in [0.2, 0.25) is 18.6 Å². The van der Waals surface area contributed by atoms with Crippen LogP contribution in [0.15, 0.2) is 126 Å². The maximum atomic E-state index is 15.4. The van der Waals surface area contributed by atoms with Crippen molar-refractivity contribution in [1.29, 1.82) is 0 Å². The van der Waals surface area contributed by atoms with Crippen LogP contribution in [0.4, 0.5) is 11.4 Å². The molecule has 3 amide bonds. The number of hydrogen-bond acceptors (Lipinski definition) is 6. The Morgan fingerprint density at radius 2 is 1.69 bits per heavy atom. The van der Waals surface area contributed by atoms with Gasteiger partial charge in [-0.05, 0) is 82.7 Å². The van der Waals surface area contributed by atoms with Crippen LogP contribution in [0.1, 0.15) is 41.2 Å². The first kappa shape index (κ1) is 41.8. The molecule has 62 heavy (non-hydrogen) atoms. The quantitative estimate of drug-likeness (QED) is 0.113. The van der Waals surface area contributed by atoms with Gasteiger partial charge >= 0.3 is 0 Å². The van der Waals surface area contributed by atoms with Crippen molar-refractivity contribution in [2.45, 2.75) is 75.7 Å². The van der Waals surface area contributed by atoms with E-state index in [1.807, 2.05) is 113 Å². The second-order valence-corrected chi connectivity index (χ2v) is 23.1. The summed E-state index contributed by atoms with van der Waals surface area (Å²) in [7, 11) is -0.882. The first-order valence-electron chi connectivity index (χ1n) is 21.3. The van der Waals surface area contributed by atoms with Crippen LogP contribution in [0, 0.1) is 5.92 Å². The van der Waals surface area contributed by atoms with Crippen molar-refractivity contribution in [2.24, 2.45) is 5.92 Å². The molecule has 1 aromatic heterocycles. The zero-order valence-corrected chi connectivity index (χ0v) is 37.9. The average molecular weight is 912 g/mol. The normalized spacial score (nSPS) is 21.9. The van der Waals surface area contributed by atoms with Gasteiger partial charge < -0.3 is 34.7 Å². The fraction of sp³-hybridized carbons (Fsp3) is 0.300. The third-order valence-corrected chi connectivity index (χ3v) is 18.5.